The van der Waals surface area contributed by atoms with Crippen molar-refractivity contribution >= 4 is 28.3 Å². The van der Waals surface area contributed by atoms with Crippen LogP contribution >= 0.6 is 0 Å². The Morgan fingerprint density at radius 1 is 0.963 bits per heavy atom. The Hall–Kier alpha value is -3.34. The average molecular weight is 363 g/mol. The predicted molar refractivity (Wildman–Crippen MR) is 105 cm³/mol. The molecule has 138 valence electrons. The van der Waals surface area contributed by atoms with Crippen LogP contribution in [0.25, 0.3) is 10.8 Å². The van der Waals surface area contributed by atoms with E-state index in [1.165, 1.54) is 7.11 Å². The molecule has 1 amide bonds. The second-order valence-corrected chi connectivity index (χ2v) is 6.14. The first-order valence-electron chi connectivity index (χ1n) is 8.68. The zero-order valence-corrected chi connectivity index (χ0v) is 15.3. The summed E-state index contributed by atoms with van der Waals surface area (Å²) in [6.07, 6.45) is -0.814. The summed E-state index contributed by atoms with van der Waals surface area (Å²) in [6.45, 7) is 1.55. The maximum atomic E-state index is 12.3. The monoisotopic (exact) mass is 363 g/mol. The minimum absolute atomic E-state index is 0.105. The molecule has 0 aromatic heterocycles. The van der Waals surface area contributed by atoms with E-state index in [1.54, 1.807) is 25.1 Å². The van der Waals surface area contributed by atoms with Gasteiger partial charge in [0.05, 0.1) is 19.2 Å². The van der Waals surface area contributed by atoms with Crippen molar-refractivity contribution in [1.82, 2.24) is 0 Å². The third-order valence-electron chi connectivity index (χ3n) is 4.26. The molecule has 0 aliphatic rings. The lowest BCUT2D eigenvalue weighted by Crippen LogP contribution is -2.30. The first-order chi connectivity index (χ1) is 13.1. The summed E-state index contributed by atoms with van der Waals surface area (Å²) in [7, 11) is 1.53. The molecule has 0 aliphatic carbocycles. The van der Waals surface area contributed by atoms with Crippen LogP contribution < -0.4 is 10.1 Å². The topological polar surface area (TPSA) is 64.6 Å². The number of para-hydroxylation sites is 2. The van der Waals surface area contributed by atoms with E-state index in [0.717, 1.165) is 16.3 Å². The van der Waals surface area contributed by atoms with Crippen molar-refractivity contribution in [3.8, 4) is 5.75 Å². The van der Waals surface area contributed by atoms with Gasteiger partial charge in [0.2, 0.25) is 0 Å². The molecule has 0 bridgehead atoms. The van der Waals surface area contributed by atoms with E-state index in [9.17, 15) is 9.59 Å². The highest BCUT2D eigenvalue weighted by atomic mass is 16.5. The molecule has 5 heteroatoms. The molecule has 3 aromatic rings. The zero-order chi connectivity index (χ0) is 19.2. The van der Waals surface area contributed by atoms with Gasteiger partial charge in [-0.2, -0.15) is 0 Å². The minimum Gasteiger partial charge on any atom is -0.495 e. The number of nitrogens with one attached hydrogen (secondary N) is 1. The molecule has 0 radical (unpaired) electrons. The van der Waals surface area contributed by atoms with Crippen molar-refractivity contribution in [3.63, 3.8) is 0 Å². The van der Waals surface area contributed by atoms with E-state index in [-0.39, 0.29) is 6.42 Å². The Balaban J connectivity index is 1.64. The Labute approximate surface area is 157 Å². The van der Waals surface area contributed by atoms with Crippen LogP contribution in [0.15, 0.2) is 66.7 Å². The highest BCUT2D eigenvalue weighted by Crippen LogP contribution is 2.23. The zero-order valence-electron chi connectivity index (χ0n) is 15.3. The number of rotatable bonds is 6. The third kappa shape index (κ3) is 4.44. The van der Waals surface area contributed by atoms with E-state index in [1.807, 2.05) is 48.5 Å². The van der Waals surface area contributed by atoms with Gasteiger partial charge in [0, 0.05) is 0 Å². The number of methoxy groups -OCH3 is 1. The number of fused-ring (bicyclic) bond motifs is 1. The molecule has 27 heavy (non-hydrogen) atoms. The molecule has 5 nitrogen and oxygen atoms in total. The van der Waals surface area contributed by atoms with Crippen LogP contribution in [-0.2, 0) is 20.7 Å². The third-order valence-corrected chi connectivity index (χ3v) is 4.26. The highest BCUT2D eigenvalue weighted by molar-refractivity contribution is 5.96. The fraction of sp³-hybridized carbons (Fsp3) is 0.182. The van der Waals surface area contributed by atoms with Crippen LogP contribution in [0.3, 0.4) is 0 Å². The van der Waals surface area contributed by atoms with Crippen LogP contribution in [0.1, 0.15) is 12.5 Å². The normalized spacial score (nSPS) is 11.6. The molecule has 0 spiro atoms. The quantitative estimate of drug-likeness (QED) is 0.673. The number of esters is 1. The van der Waals surface area contributed by atoms with Crippen molar-refractivity contribution < 1.29 is 19.1 Å². The number of anilines is 1. The fourth-order valence-electron chi connectivity index (χ4n) is 2.88. The van der Waals surface area contributed by atoms with Crippen LogP contribution in [0.2, 0.25) is 0 Å². The van der Waals surface area contributed by atoms with Gasteiger partial charge < -0.3 is 14.8 Å². The van der Waals surface area contributed by atoms with Gasteiger partial charge in [-0.15, -0.1) is 0 Å². The first-order valence-corrected chi connectivity index (χ1v) is 8.68. The van der Waals surface area contributed by atoms with Gasteiger partial charge in [-0.25, -0.2) is 0 Å². The Kier molecular flexibility index (Phi) is 5.71. The van der Waals surface area contributed by atoms with Gasteiger partial charge in [0.15, 0.2) is 6.10 Å². The average Bonchev–Trinajstić information content (AvgIpc) is 2.68. The predicted octanol–water partition coefficient (Wildman–Crippen LogP) is 3.96. The summed E-state index contributed by atoms with van der Waals surface area (Å²) in [5.41, 5.74) is 1.40. The first kappa shape index (κ1) is 18.5. The Morgan fingerprint density at radius 2 is 1.67 bits per heavy atom. The number of carbonyl (C=O) groups excluding carboxylic acids is 2. The van der Waals surface area contributed by atoms with E-state index in [4.69, 9.17) is 9.47 Å². The Bertz CT molecular complexity index is 962. The molecule has 0 aliphatic heterocycles. The van der Waals surface area contributed by atoms with E-state index < -0.39 is 18.0 Å². The number of ether oxygens (including phenoxy) is 2. The van der Waals surface area contributed by atoms with Gasteiger partial charge in [0.1, 0.15) is 5.75 Å². The van der Waals surface area contributed by atoms with Gasteiger partial charge >= 0.3 is 5.97 Å². The van der Waals surface area contributed by atoms with Crippen molar-refractivity contribution in [2.75, 3.05) is 12.4 Å². The van der Waals surface area contributed by atoms with E-state index in [2.05, 4.69) is 5.32 Å². The summed E-state index contributed by atoms with van der Waals surface area (Å²) < 4.78 is 10.5. The highest BCUT2D eigenvalue weighted by Gasteiger charge is 2.19. The lowest BCUT2D eigenvalue weighted by molar-refractivity contribution is -0.152. The number of amides is 1. The molecular weight excluding hydrogens is 342 g/mol. The SMILES string of the molecule is COc1ccccc1NC(=O)[C@@H](C)OC(=O)Cc1cccc2ccccc12. The second-order valence-electron chi connectivity index (χ2n) is 6.14. The lowest BCUT2D eigenvalue weighted by Gasteiger charge is -2.15. The standard InChI is InChI=1S/C22H21NO4/c1-15(22(25)23-19-12-5-6-13-20(19)26-2)27-21(24)14-17-10-7-9-16-8-3-4-11-18(16)17/h3-13,15H,14H2,1-2H3,(H,23,25)/t15-/m1/s1. The Morgan fingerprint density at radius 3 is 2.48 bits per heavy atom. The number of benzene rings is 3. The van der Waals surface area contributed by atoms with Crippen molar-refractivity contribution in [2.45, 2.75) is 19.4 Å². The van der Waals surface area contributed by atoms with Gasteiger partial charge in [-0.3, -0.25) is 9.59 Å². The van der Waals surface area contributed by atoms with Crippen LogP contribution in [-0.4, -0.2) is 25.1 Å². The molecule has 3 aromatic carbocycles. The summed E-state index contributed by atoms with van der Waals surface area (Å²) in [5.74, 6) is -0.320. The summed E-state index contributed by atoms with van der Waals surface area (Å²) in [6, 6.07) is 20.7. The molecule has 3 rings (SSSR count). The van der Waals surface area contributed by atoms with Crippen molar-refractivity contribution in [2.24, 2.45) is 0 Å². The maximum Gasteiger partial charge on any atom is 0.311 e. The van der Waals surface area contributed by atoms with Crippen LogP contribution in [0, 0.1) is 0 Å². The molecule has 0 unspecified atom stereocenters. The largest absolute Gasteiger partial charge is 0.495 e. The molecule has 1 atom stereocenters. The smallest absolute Gasteiger partial charge is 0.311 e. The molecule has 0 fully saturated rings. The van der Waals surface area contributed by atoms with Crippen LogP contribution in [0.5, 0.6) is 5.75 Å². The minimum atomic E-state index is -0.919. The molecule has 1 N–H and O–H groups in total. The fourth-order valence-corrected chi connectivity index (χ4v) is 2.88. The number of carbonyl (C=O) groups is 2. The number of hydrogen-bond donors (Lipinski definition) is 1. The summed E-state index contributed by atoms with van der Waals surface area (Å²) >= 11 is 0. The van der Waals surface area contributed by atoms with Gasteiger partial charge in [-0.1, -0.05) is 54.6 Å². The van der Waals surface area contributed by atoms with Crippen LogP contribution in [0.4, 0.5) is 5.69 Å². The summed E-state index contributed by atoms with van der Waals surface area (Å²) in [5, 5.41) is 4.78. The van der Waals surface area contributed by atoms with E-state index in [0.29, 0.717) is 11.4 Å². The maximum absolute atomic E-state index is 12.3. The van der Waals surface area contributed by atoms with Crippen molar-refractivity contribution in [3.05, 3.63) is 72.3 Å². The van der Waals surface area contributed by atoms with Crippen molar-refractivity contribution in [1.29, 1.82) is 0 Å². The molecule has 0 heterocycles. The molecule has 0 saturated carbocycles. The molecule has 0 saturated heterocycles. The lowest BCUT2D eigenvalue weighted by atomic mass is 10.0. The van der Waals surface area contributed by atoms with E-state index >= 15 is 0 Å². The summed E-state index contributed by atoms with van der Waals surface area (Å²) in [4.78, 5) is 24.7. The number of hydrogen-bond acceptors (Lipinski definition) is 4. The second kappa shape index (κ2) is 8.36. The van der Waals surface area contributed by atoms with Gasteiger partial charge in [0.25, 0.3) is 5.91 Å². The van der Waals surface area contributed by atoms with Gasteiger partial charge in [-0.05, 0) is 35.4 Å². The molecular formula is C22H21NO4.